The predicted octanol–water partition coefficient (Wildman–Crippen LogP) is 1.88. The van der Waals surface area contributed by atoms with Crippen LogP contribution in [-0.2, 0) is 0 Å². The van der Waals surface area contributed by atoms with E-state index in [1.807, 2.05) is 19.0 Å². The molecule has 1 aromatic rings. The van der Waals surface area contributed by atoms with Crippen molar-refractivity contribution in [2.24, 2.45) is 0 Å². The summed E-state index contributed by atoms with van der Waals surface area (Å²) in [6.45, 7) is 7.73. The van der Waals surface area contributed by atoms with Crippen molar-refractivity contribution in [1.82, 2.24) is 10.2 Å². The van der Waals surface area contributed by atoms with Gasteiger partial charge in [0.05, 0.1) is 6.10 Å². The summed E-state index contributed by atoms with van der Waals surface area (Å²) in [6, 6.07) is 6.64. The van der Waals surface area contributed by atoms with Crippen LogP contribution >= 0.6 is 0 Å². The van der Waals surface area contributed by atoms with E-state index in [0.717, 1.165) is 0 Å². The van der Waals surface area contributed by atoms with Crippen molar-refractivity contribution in [2.45, 2.75) is 32.9 Å². The fourth-order valence-corrected chi connectivity index (χ4v) is 2.15. The van der Waals surface area contributed by atoms with Gasteiger partial charge in [0, 0.05) is 19.1 Å². The average molecular weight is 250 g/mol. The Balaban J connectivity index is 2.55. The van der Waals surface area contributed by atoms with Crippen molar-refractivity contribution in [3.63, 3.8) is 0 Å². The summed E-state index contributed by atoms with van der Waals surface area (Å²) in [6.07, 6.45) is -0.326. The number of nitrogens with zero attached hydrogens (tertiary/aromatic N) is 1. The number of hydrogen-bond donors (Lipinski definition) is 2. The molecule has 1 rings (SSSR count). The lowest BCUT2D eigenvalue weighted by Crippen LogP contribution is -2.36. The van der Waals surface area contributed by atoms with Gasteiger partial charge in [-0.25, -0.2) is 0 Å². The predicted molar refractivity (Wildman–Crippen MR) is 76.9 cm³/mol. The first-order valence-corrected chi connectivity index (χ1v) is 6.54. The van der Waals surface area contributed by atoms with Crippen molar-refractivity contribution in [3.8, 4) is 0 Å². The minimum atomic E-state index is -0.326. The van der Waals surface area contributed by atoms with E-state index in [0.29, 0.717) is 13.1 Å². The van der Waals surface area contributed by atoms with Gasteiger partial charge in [-0.15, -0.1) is 0 Å². The molecule has 102 valence electrons. The van der Waals surface area contributed by atoms with Crippen molar-refractivity contribution < 1.29 is 5.11 Å². The number of likely N-dealkylation sites (N-methyl/N-ethyl adjacent to an activating group) is 1. The second kappa shape index (κ2) is 6.88. The minimum absolute atomic E-state index is 0.265. The van der Waals surface area contributed by atoms with Crippen molar-refractivity contribution in [2.75, 3.05) is 27.2 Å². The van der Waals surface area contributed by atoms with Crippen molar-refractivity contribution in [1.29, 1.82) is 0 Å². The first-order chi connectivity index (χ1) is 8.41. The minimum Gasteiger partial charge on any atom is -0.390 e. The van der Waals surface area contributed by atoms with Crippen LogP contribution in [0.4, 0.5) is 0 Å². The zero-order valence-electron chi connectivity index (χ0n) is 12.2. The fourth-order valence-electron chi connectivity index (χ4n) is 2.15. The van der Waals surface area contributed by atoms with E-state index in [2.05, 4.69) is 44.3 Å². The maximum atomic E-state index is 9.84. The van der Waals surface area contributed by atoms with Gasteiger partial charge in [-0.2, -0.15) is 0 Å². The molecule has 2 atom stereocenters. The highest BCUT2D eigenvalue weighted by molar-refractivity contribution is 5.34. The van der Waals surface area contributed by atoms with E-state index in [1.54, 1.807) is 0 Å². The molecular weight excluding hydrogens is 224 g/mol. The van der Waals surface area contributed by atoms with Crippen LogP contribution in [-0.4, -0.2) is 43.3 Å². The van der Waals surface area contributed by atoms with Crippen LogP contribution in [0, 0.1) is 13.8 Å². The van der Waals surface area contributed by atoms with Crippen LogP contribution in [0.1, 0.15) is 29.7 Å². The maximum Gasteiger partial charge on any atom is 0.0791 e. The van der Waals surface area contributed by atoms with Crippen LogP contribution in [0.5, 0.6) is 0 Å². The molecule has 0 saturated carbocycles. The van der Waals surface area contributed by atoms with E-state index < -0.39 is 0 Å². The molecule has 0 heterocycles. The number of hydrogen-bond acceptors (Lipinski definition) is 3. The quantitative estimate of drug-likeness (QED) is 0.809. The maximum absolute atomic E-state index is 9.84. The molecule has 2 unspecified atom stereocenters. The molecule has 0 fully saturated rings. The third kappa shape index (κ3) is 4.41. The monoisotopic (exact) mass is 250 g/mol. The van der Waals surface area contributed by atoms with Gasteiger partial charge in [0.15, 0.2) is 0 Å². The van der Waals surface area contributed by atoms with Crippen LogP contribution in [0.3, 0.4) is 0 Å². The molecule has 0 aromatic heterocycles. The molecule has 0 saturated heterocycles. The molecule has 0 aliphatic rings. The fraction of sp³-hybridized carbons (Fsp3) is 0.600. The largest absolute Gasteiger partial charge is 0.390 e. The highest BCUT2D eigenvalue weighted by Gasteiger charge is 2.11. The molecule has 0 aliphatic carbocycles. The Bertz CT molecular complexity index is 377. The van der Waals surface area contributed by atoms with Crippen LogP contribution in [0.2, 0.25) is 0 Å². The molecule has 0 bridgehead atoms. The van der Waals surface area contributed by atoms with Crippen LogP contribution in [0.15, 0.2) is 18.2 Å². The van der Waals surface area contributed by atoms with Crippen LogP contribution < -0.4 is 5.32 Å². The molecule has 3 heteroatoms. The van der Waals surface area contributed by atoms with E-state index in [9.17, 15) is 5.11 Å². The average Bonchev–Trinajstić information content (AvgIpc) is 2.29. The van der Waals surface area contributed by atoms with Gasteiger partial charge >= 0.3 is 0 Å². The Morgan fingerprint density at radius 1 is 1.28 bits per heavy atom. The SMILES string of the molecule is Cc1cccc(C(C)NCC(O)CN(C)C)c1C. The summed E-state index contributed by atoms with van der Waals surface area (Å²) in [7, 11) is 3.94. The molecule has 0 spiro atoms. The second-order valence-electron chi connectivity index (χ2n) is 5.34. The number of aliphatic hydroxyl groups excluding tert-OH is 1. The number of nitrogens with one attached hydrogen (secondary N) is 1. The lowest BCUT2D eigenvalue weighted by atomic mass is 9.98. The van der Waals surface area contributed by atoms with Crippen molar-refractivity contribution >= 4 is 0 Å². The van der Waals surface area contributed by atoms with E-state index in [4.69, 9.17) is 0 Å². The number of aliphatic hydroxyl groups is 1. The van der Waals surface area contributed by atoms with E-state index >= 15 is 0 Å². The first kappa shape index (κ1) is 15.2. The van der Waals surface area contributed by atoms with E-state index in [-0.39, 0.29) is 12.1 Å². The van der Waals surface area contributed by atoms with Gasteiger partial charge in [0.2, 0.25) is 0 Å². The Kier molecular flexibility index (Phi) is 5.79. The second-order valence-corrected chi connectivity index (χ2v) is 5.34. The smallest absolute Gasteiger partial charge is 0.0791 e. The van der Waals surface area contributed by atoms with E-state index in [1.165, 1.54) is 16.7 Å². The molecule has 1 aromatic carbocycles. The summed E-state index contributed by atoms with van der Waals surface area (Å²) in [5, 5.41) is 13.2. The third-order valence-corrected chi connectivity index (χ3v) is 3.35. The number of benzene rings is 1. The number of rotatable bonds is 6. The van der Waals surface area contributed by atoms with Gasteiger partial charge in [-0.3, -0.25) is 0 Å². The summed E-state index contributed by atoms with van der Waals surface area (Å²) in [4.78, 5) is 1.99. The highest BCUT2D eigenvalue weighted by Crippen LogP contribution is 2.19. The first-order valence-electron chi connectivity index (χ1n) is 6.54. The molecule has 0 radical (unpaired) electrons. The van der Waals surface area contributed by atoms with Gasteiger partial charge in [0.25, 0.3) is 0 Å². The van der Waals surface area contributed by atoms with Gasteiger partial charge < -0.3 is 15.3 Å². The Morgan fingerprint density at radius 2 is 1.94 bits per heavy atom. The van der Waals surface area contributed by atoms with Gasteiger partial charge in [-0.05, 0) is 51.6 Å². The van der Waals surface area contributed by atoms with Gasteiger partial charge in [-0.1, -0.05) is 18.2 Å². The Labute approximate surface area is 111 Å². The summed E-state index contributed by atoms with van der Waals surface area (Å²) < 4.78 is 0. The Hall–Kier alpha value is -0.900. The molecular formula is C15H26N2O. The van der Waals surface area contributed by atoms with Crippen LogP contribution in [0.25, 0.3) is 0 Å². The normalized spacial score (nSPS) is 14.8. The molecule has 0 aliphatic heterocycles. The van der Waals surface area contributed by atoms with Crippen molar-refractivity contribution in [3.05, 3.63) is 34.9 Å². The topological polar surface area (TPSA) is 35.5 Å². The highest BCUT2D eigenvalue weighted by atomic mass is 16.3. The van der Waals surface area contributed by atoms with Gasteiger partial charge in [0.1, 0.15) is 0 Å². The third-order valence-electron chi connectivity index (χ3n) is 3.35. The summed E-state index contributed by atoms with van der Waals surface area (Å²) in [5.74, 6) is 0. The molecule has 3 nitrogen and oxygen atoms in total. The number of aryl methyl sites for hydroxylation is 1. The molecule has 2 N–H and O–H groups in total. The molecule has 0 amide bonds. The molecule has 18 heavy (non-hydrogen) atoms. The Morgan fingerprint density at radius 3 is 2.56 bits per heavy atom. The lowest BCUT2D eigenvalue weighted by molar-refractivity contribution is 0.132. The summed E-state index contributed by atoms with van der Waals surface area (Å²) >= 11 is 0. The standard InChI is InChI=1S/C15H26N2O/c1-11-7-6-8-15(12(11)2)13(3)16-9-14(18)10-17(4)5/h6-8,13-14,16,18H,9-10H2,1-5H3. The summed E-state index contributed by atoms with van der Waals surface area (Å²) in [5.41, 5.74) is 3.96. The zero-order chi connectivity index (χ0) is 13.7. The zero-order valence-corrected chi connectivity index (χ0v) is 12.2. The lowest BCUT2D eigenvalue weighted by Gasteiger charge is -2.21.